The highest BCUT2D eigenvalue weighted by atomic mass is 35.5. The van der Waals surface area contributed by atoms with Crippen LogP contribution in [0.3, 0.4) is 0 Å². The first-order chi connectivity index (χ1) is 17.4. The van der Waals surface area contributed by atoms with Crippen molar-refractivity contribution in [3.63, 3.8) is 0 Å². The van der Waals surface area contributed by atoms with Crippen molar-refractivity contribution in [1.82, 2.24) is 25.0 Å². The molecule has 0 radical (unpaired) electrons. The summed E-state index contributed by atoms with van der Waals surface area (Å²) in [5.74, 6) is -0.229. The van der Waals surface area contributed by atoms with Crippen molar-refractivity contribution in [3.05, 3.63) is 89.3 Å². The predicted octanol–water partition coefficient (Wildman–Crippen LogP) is 4.03. The number of carbonyl (C=O) groups is 2. The van der Waals surface area contributed by atoms with Crippen LogP contribution in [0.1, 0.15) is 27.1 Å². The molecule has 5 rings (SSSR count). The number of halogens is 1. The minimum absolute atomic E-state index is 0.0737. The second kappa shape index (κ2) is 9.83. The Bertz CT molecular complexity index is 1450. The number of aryl methyl sites for hydroxylation is 1. The highest BCUT2D eigenvalue weighted by Gasteiger charge is 2.29. The van der Waals surface area contributed by atoms with Gasteiger partial charge in [-0.3, -0.25) is 14.3 Å². The number of hydrogen-bond donors (Lipinski definition) is 2. The highest BCUT2D eigenvalue weighted by Crippen LogP contribution is 2.25. The molecule has 0 saturated carbocycles. The van der Waals surface area contributed by atoms with Gasteiger partial charge < -0.3 is 16.0 Å². The number of amides is 2. The zero-order chi connectivity index (χ0) is 25.2. The molecule has 0 spiro atoms. The summed E-state index contributed by atoms with van der Waals surface area (Å²) in [4.78, 5) is 32.2. The van der Waals surface area contributed by atoms with Crippen LogP contribution in [0.2, 0.25) is 5.02 Å². The molecular formula is C27H25ClN6O2. The molecule has 2 aromatic carbocycles. The fourth-order valence-electron chi connectivity index (χ4n) is 4.39. The minimum Gasteiger partial charge on any atom is -0.383 e. The summed E-state index contributed by atoms with van der Waals surface area (Å²) in [6.07, 6.45) is 5.82. The SMILES string of the molecule is Cn1cc(-c2cnc(N)c(C(=O)N[C@@H]3CCN(C(=O)c4cccc(-c5cccc(Cl)c5)c4)C3)c2)cn1. The van der Waals surface area contributed by atoms with E-state index in [1.54, 1.807) is 34.1 Å². The number of rotatable bonds is 5. The maximum absolute atomic E-state index is 13.2. The monoisotopic (exact) mass is 500 g/mol. The van der Waals surface area contributed by atoms with Crippen molar-refractivity contribution < 1.29 is 9.59 Å². The van der Waals surface area contributed by atoms with Crippen molar-refractivity contribution in [2.45, 2.75) is 12.5 Å². The van der Waals surface area contributed by atoms with Gasteiger partial charge in [0.25, 0.3) is 11.8 Å². The molecule has 0 unspecified atom stereocenters. The van der Waals surface area contributed by atoms with Crippen LogP contribution in [-0.4, -0.2) is 50.6 Å². The molecule has 3 N–H and O–H groups in total. The van der Waals surface area contributed by atoms with Crippen LogP contribution in [0.15, 0.2) is 73.2 Å². The van der Waals surface area contributed by atoms with E-state index in [0.29, 0.717) is 35.7 Å². The van der Waals surface area contributed by atoms with Gasteiger partial charge in [-0.15, -0.1) is 0 Å². The number of hydrogen-bond acceptors (Lipinski definition) is 5. The Kier molecular flexibility index (Phi) is 6.43. The van der Waals surface area contributed by atoms with Gasteiger partial charge in [0.15, 0.2) is 0 Å². The van der Waals surface area contributed by atoms with Crippen molar-refractivity contribution >= 4 is 29.2 Å². The summed E-state index contributed by atoms with van der Waals surface area (Å²) in [6.45, 7) is 0.968. The van der Waals surface area contributed by atoms with Gasteiger partial charge in [0.1, 0.15) is 5.82 Å². The number of pyridine rings is 1. The third-order valence-corrected chi connectivity index (χ3v) is 6.51. The largest absolute Gasteiger partial charge is 0.383 e. The number of likely N-dealkylation sites (tertiary alicyclic amines) is 1. The first-order valence-electron chi connectivity index (χ1n) is 11.6. The van der Waals surface area contributed by atoms with Crippen LogP contribution >= 0.6 is 11.6 Å². The van der Waals surface area contributed by atoms with E-state index >= 15 is 0 Å². The standard InChI is InChI=1S/C27H25ClN6O2/c1-33-15-21(14-31-33)20-12-24(25(29)30-13-20)26(35)32-23-8-9-34(16-23)27(36)19-6-2-4-17(10-19)18-5-3-7-22(28)11-18/h2-7,10-15,23H,8-9,16H2,1H3,(H2,29,30)(H,32,35)/t23-/m1/s1. The van der Waals surface area contributed by atoms with E-state index in [2.05, 4.69) is 15.4 Å². The van der Waals surface area contributed by atoms with Gasteiger partial charge in [0.05, 0.1) is 11.8 Å². The Hall–Kier alpha value is -4.17. The van der Waals surface area contributed by atoms with E-state index in [0.717, 1.165) is 22.3 Å². The summed E-state index contributed by atoms with van der Waals surface area (Å²) < 4.78 is 1.68. The number of nitrogen functional groups attached to an aromatic ring is 1. The molecule has 2 aromatic heterocycles. The number of carbonyl (C=O) groups excluding carboxylic acids is 2. The first kappa shape index (κ1) is 23.6. The summed E-state index contributed by atoms with van der Waals surface area (Å²) in [7, 11) is 1.82. The average molecular weight is 501 g/mol. The Morgan fingerprint density at radius 2 is 1.81 bits per heavy atom. The maximum Gasteiger partial charge on any atom is 0.255 e. The van der Waals surface area contributed by atoms with Gasteiger partial charge in [-0.05, 0) is 47.9 Å². The zero-order valence-corrected chi connectivity index (χ0v) is 20.4. The Morgan fingerprint density at radius 3 is 2.56 bits per heavy atom. The molecule has 8 nitrogen and oxygen atoms in total. The van der Waals surface area contributed by atoms with E-state index in [4.69, 9.17) is 17.3 Å². The predicted molar refractivity (Wildman–Crippen MR) is 140 cm³/mol. The molecule has 1 saturated heterocycles. The lowest BCUT2D eigenvalue weighted by Gasteiger charge is -2.18. The quantitative estimate of drug-likeness (QED) is 0.430. The van der Waals surface area contributed by atoms with E-state index in [1.165, 1.54) is 0 Å². The number of nitrogens with two attached hydrogens (primary N) is 1. The van der Waals surface area contributed by atoms with Gasteiger partial charge in [0, 0.05) is 60.3 Å². The second-order valence-corrected chi connectivity index (χ2v) is 9.30. The van der Waals surface area contributed by atoms with Crippen LogP contribution in [0.25, 0.3) is 22.3 Å². The number of nitrogens with one attached hydrogen (secondary N) is 1. The molecule has 1 aliphatic heterocycles. The molecule has 0 aliphatic carbocycles. The summed E-state index contributed by atoms with van der Waals surface area (Å²) in [5, 5.41) is 7.82. The lowest BCUT2D eigenvalue weighted by molar-refractivity contribution is 0.0783. The van der Waals surface area contributed by atoms with Crippen molar-refractivity contribution in [1.29, 1.82) is 0 Å². The van der Waals surface area contributed by atoms with Crippen molar-refractivity contribution in [3.8, 4) is 22.3 Å². The fraction of sp³-hybridized carbons (Fsp3) is 0.185. The first-order valence-corrected chi connectivity index (χ1v) is 12.0. The zero-order valence-electron chi connectivity index (χ0n) is 19.7. The molecule has 0 bridgehead atoms. The summed E-state index contributed by atoms with van der Waals surface area (Å²) in [6, 6.07) is 16.6. The highest BCUT2D eigenvalue weighted by molar-refractivity contribution is 6.30. The third kappa shape index (κ3) is 4.94. The molecule has 1 atom stereocenters. The number of anilines is 1. The number of aromatic nitrogens is 3. The molecule has 2 amide bonds. The summed E-state index contributed by atoms with van der Waals surface area (Å²) >= 11 is 6.13. The fourth-order valence-corrected chi connectivity index (χ4v) is 4.58. The average Bonchev–Trinajstić information content (AvgIpc) is 3.53. The second-order valence-electron chi connectivity index (χ2n) is 8.86. The number of nitrogens with zero attached hydrogens (tertiary/aromatic N) is 4. The topological polar surface area (TPSA) is 106 Å². The van der Waals surface area contributed by atoms with Gasteiger partial charge in [-0.2, -0.15) is 5.10 Å². The van der Waals surface area contributed by atoms with Crippen molar-refractivity contribution in [2.24, 2.45) is 7.05 Å². The van der Waals surface area contributed by atoms with Crippen molar-refractivity contribution in [2.75, 3.05) is 18.8 Å². The minimum atomic E-state index is -0.312. The smallest absolute Gasteiger partial charge is 0.255 e. The van der Waals surface area contributed by atoms with E-state index in [9.17, 15) is 9.59 Å². The molecule has 1 aliphatic rings. The lowest BCUT2D eigenvalue weighted by Crippen LogP contribution is -2.38. The van der Waals surface area contributed by atoms with Crippen LogP contribution in [-0.2, 0) is 7.05 Å². The Morgan fingerprint density at radius 1 is 1.03 bits per heavy atom. The van der Waals surface area contributed by atoms with E-state index in [1.807, 2.05) is 55.7 Å². The molecule has 1 fully saturated rings. The maximum atomic E-state index is 13.2. The van der Waals surface area contributed by atoms with Gasteiger partial charge >= 0.3 is 0 Å². The Balaban J connectivity index is 1.26. The molecule has 3 heterocycles. The van der Waals surface area contributed by atoms with Crippen LogP contribution in [0, 0.1) is 0 Å². The van der Waals surface area contributed by atoms with Gasteiger partial charge in [-0.25, -0.2) is 4.98 Å². The van der Waals surface area contributed by atoms with Gasteiger partial charge in [0.2, 0.25) is 0 Å². The lowest BCUT2D eigenvalue weighted by atomic mass is 10.0. The van der Waals surface area contributed by atoms with Crippen LogP contribution < -0.4 is 11.1 Å². The van der Waals surface area contributed by atoms with Gasteiger partial charge in [-0.1, -0.05) is 35.9 Å². The molecule has 9 heteroatoms. The molecule has 182 valence electrons. The normalized spacial score (nSPS) is 15.2. The summed E-state index contributed by atoms with van der Waals surface area (Å²) in [5.41, 5.74) is 10.4. The van der Waals surface area contributed by atoms with Crippen LogP contribution in [0.5, 0.6) is 0 Å². The number of benzene rings is 2. The van der Waals surface area contributed by atoms with E-state index < -0.39 is 0 Å². The Labute approximate surface area is 213 Å². The molecule has 36 heavy (non-hydrogen) atoms. The molecule has 4 aromatic rings. The van der Waals surface area contributed by atoms with Crippen LogP contribution in [0.4, 0.5) is 5.82 Å². The third-order valence-electron chi connectivity index (χ3n) is 6.28. The molecular weight excluding hydrogens is 476 g/mol. The van der Waals surface area contributed by atoms with E-state index in [-0.39, 0.29) is 23.7 Å².